The van der Waals surface area contributed by atoms with Crippen LogP contribution >= 0.6 is 34.3 Å². The first-order chi connectivity index (χ1) is 16.8. The van der Waals surface area contributed by atoms with Gasteiger partial charge in [-0.2, -0.15) is 4.31 Å². The van der Waals surface area contributed by atoms with Crippen molar-refractivity contribution in [3.8, 4) is 5.75 Å². The molecule has 2 fully saturated rings. The molecule has 4 heterocycles. The van der Waals surface area contributed by atoms with E-state index in [1.165, 1.54) is 4.31 Å². The zero-order chi connectivity index (χ0) is 24.6. The van der Waals surface area contributed by atoms with Gasteiger partial charge in [0.25, 0.3) is 10.0 Å². The molecule has 2 aromatic heterocycles. The van der Waals surface area contributed by atoms with Crippen molar-refractivity contribution in [2.45, 2.75) is 24.0 Å². The number of hydrogen-bond donors (Lipinski definition) is 0. The molecule has 3 aromatic rings. The summed E-state index contributed by atoms with van der Waals surface area (Å²) in [7, 11) is -3.55. The van der Waals surface area contributed by atoms with Crippen LogP contribution in [0.2, 0.25) is 4.34 Å². The number of anilines is 1. The Morgan fingerprint density at radius 3 is 2.49 bits per heavy atom. The highest BCUT2D eigenvalue weighted by atomic mass is 35.5. The van der Waals surface area contributed by atoms with Crippen molar-refractivity contribution in [2.75, 3.05) is 50.8 Å². The van der Waals surface area contributed by atoms with E-state index in [4.69, 9.17) is 21.3 Å². The fourth-order valence-corrected chi connectivity index (χ4v) is 8.72. The number of fused-ring (bicyclic) bond motifs is 1. The predicted molar refractivity (Wildman–Crippen MR) is 140 cm³/mol. The van der Waals surface area contributed by atoms with E-state index < -0.39 is 10.0 Å². The highest BCUT2D eigenvalue weighted by Gasteiger charge is 2.35. The fourth-order valence-electron chi connectivity index (χ4n) is 4.57. The summed E-state index contributed by atoms with van der Waals surface area (Å²) in [6.07, 6.45) is 1.08. The Balaban J connectivity index is 1.15. The Bertz CT molecular complexity index is 1310. The molecule has 0 atom stereocenters. The third-order valence-electron chi connectivity index (χ3n) is 6.47. The number of piperazine rings is 1. The molecule has 8 nitrogen and oxygen atoms in total. The van der Waals surface area contributed by atoms with Crippen molar-refractivity contribution in [1.29, 1.82) is 0 Å². The van der Waals surface area contributed by atoms with E-state index in [0.717, 1.165) is 45.5 Å². The van der Waals surface area contributed by atoms with Crippen LogP contribution in [0.1, 0.15) is 19.8 Å². The first kappa shape index (κ1) is 24.8. The van der Waals surface area contributed by atoms with Gasteiger partial charge in [0.1, 0.15) is 9.96 Å². The molecule has 0 unspecified atom stereocenters. The fraction of sp³-hybridized carbons (Fsp3) is 0.478. The number of thiophene rings is 1. The monoisotopic (exact) mass is 554 g/mol. The molecule has 0 bridgehead atoms. The molecule has 1 amide bonds. The van der Waals surface area contributed by atoms with Gasteiger partial charge in [0, 0.05) is 45.2 Å². The van der Waals surface area contributed by atoms with Crippen LogP contribution in [0.5, 0.6) is 5.75 Å². The van der Waals surface area contributed by atoms with Crippen molar-refractivity contribution in [3.05, 3.63) is 34.7 Å². The number of hydrogen-bond acceptors (Lipinski definition) is 8. The van der Waals surface area contributed by atoms with Crippen LogP contribution in [0.3, 0.4) is 0 Å². The number of sulfonamides is 1. The second-order valence-electron chi connectivity index (χ2n) is 8.61. The standard InChI is InChI=1S/C23H27ClN4O4S3/c1-2-32-17-3-4-18-19(15-17)33-23(25-18)27-13-11-26(12-14-27)22(29)16-7-9-28(10-8-16)35(30,31)21-6-5-20(24)34-21/h3-6,15-16H,2,7-14H2,1H3. The molecule has 12 heteroatoms. The van der Waals surface area contributed by atoms with Gasteiger partial charge in [0.15, 0.2) is 5.13 Å². The number of rotatable bonds is 6. The van der Waals surface area contributed by atoms with Crippen LogP contribution in [0, 0.1) is 5.92 Å². The van der Waals surface area contributed by atoms with Crippen molar-refractivity contribution in [1.82, 2.24) is 14.2 Å². The van der Waals surface area contributed by atoms with Crippen molar-refractivity contribution < 1.29 is 17.9 Å². The average Bonchev–Trinajstić information content (AvgIpc) is 3.50. The number of aromatic nitrogens is 1. The molecule has 2 aliphatic heterocycles. The third kappa shape index (κ3) is 5.15. The molecule has 0 N–H and O–H groups in total. The third-order valence-corrected chi connectivity index (χ3v) is 11.1. The highest BCUT2D eigenvalue weighted by Crippen LogP contribution is 2.33. The topological polar surface area (TPSA) is 83.1 Å². The molecule has 0 saturated carbocycles. The molecular formula is C23H27ClN4O4S3. The summed E-state index contributed by atoms with van der Waals surface area (Å²) in [5.74, 6) is 0.842. The van der Waals surface area contributed by atoms with Gasteiger partial charge in [-0.15, -0.1) is 11.3 Å². The average molecular weight is 555 g/mol. The lowest BCUT2D eigenvalue weighted by atomic mass is 9.96. The minimum Gasteiger partial charge on any atom is -0.494 e. The van der Waals surface area contributed by atoms with Gasteiger partial charge in [0.05, 0.1) is 21.2 Å². The Hall–Kier alpha value is -1.92. The lowest BCUT2D eigenvalue weighted by molar-refractivity contribution is -0.137. The zero-order valence-corrected chi connectivity index (χ0v) is 22.6. The van der Waals surface area contributed by atoms with E-state index in [0.29, 0.717) is 50.0 Å². The lowest BCUT2D eigenvalue weighted by Gasteiger charge is -2.38. The molecule has 1 aromatic carbocycles. The molecule has 2 aliphatic rings. The Morgan fingerprint density at radius 1 is 1.09 bits per heavy atom. The number of carbonyl (C=O) groups is 1. The van der Waals surface area contributed by atoms with Crippen LogP contribution in [-0.4, -0.2) is 74.4 Å². The summed E-state index contributed by atoms with van der Waals surface area (Å²) in [4.78, 5) is 22.1. The van der Waals surface area contributed by atoms with E-state index >= 15 is 0 Å². The highest BCUT2D eigenvalue weighted by molar-refractivity contribution is 7.91. The smallest absolute Gasteiger partial charge is 0.252 e. The number of amides is 1. The maximum Gasteiger partial charge on any atom is 0.252 e. The second kappa shape index (κ2) is 10.2. The summed E-state index contributed by atoms with van der Waals surface area (Å²) < 4.78 is 34.5. The zero-order valence-electron chi connectivity index (χ0n) is 19.4. The van der Waals surface area contributed by atoms with Crippen LogP contribution in [0.4, 0.5) is 5.13 Å². The number of carbonyl (C=O) groups excluding carboxylic acids is 1. The first-order valence-electron chi connectivity index (χ1n) is 11.7. The van der Waals surface area contributed by atoms with Crippen LogP contribution in [0.15, 0.2) is 34.5 Å². The first-order valence-corrected chi connectivity index (χ1v) is 15.1. The summed E-state index contributed by atoms with van der Waals surface area (Å²) in [5.41, 5.74) is 0.957. The number of piperidine rings is 1. The quantitative estimate of drug-likeness (QED) is 0.455. The van der Waals surface area contributed by atoms with Crippen molar-refractivity contribution in [3.63, 3.8) is 0 Å². The summed E-state index contributed by atoms with van der Waals surface area (Å²) in [6, 6.07) is 9.10. The van der Waals surface area contributed by atoms with Gasteiger partial charge in [-0.3, -0.25) is 4.79 Å². The van der Waals surface area contributed by atoms with Gasteiger partial charge in [-0.05, 0) is 50.1 Å². The van der Waals surface area contributed by atoms with Crippen LogP contribution < -0.4 is 9.64 Å². The minimum absolute atomic E-state index is 0.131. The van der Waals surface area contributed by atoms with Gasteiger partial charge in [0.2, 0.25) is 5.91 Å². The molecule has 0 spiro atoms. The lowest BCUT2D eigenvalue weighted by Crippen LogP contribution is -2.52. The summed E-state index contributed by atoms with van der Waals surface area (Å²) >= 11 is 8.63. The Kier molecular flexibility index (Phi) is 7.23. The van der Waals surface area contributed by atoms with Crippen molar-refractivity contribution >= 4 is 65.6 Å². The van der Waals surface area contributed by atoms with E-state index in [9.17, 15) is 13.2 Å². The molecule has 188 valence electrons. The minimum atomic E-state index is -3.55. The van der Waals surface area contributed by atoms with Crippen LogP contribution in [-0.2, 0) is 14.8 Å². The van der Waals surface area contributed by atoms with E-state index in [1.54, 1.807) is 23.5 Å². The van der Waals surface area contributed by atoms with Gasteiger partial charge < -0.3 is 14.5 Å². The van der Waals surface area contributed by atoms with Crippen molar-refractivity contribution in [2.24, 2.45) is 5.92 Å². The Labute approximate surface area is 218 Å². The van der Waals surface area contributed by atoms with E-state index in [2.05, 4.69) is 4.90 Å². The number of thiazole rings is 1. The molecule has 35 heavy (non-hydrogen) atoms. The number of ether oxygens (including phenoxy) is 1. The number of halogens is 1. The van der Waals surface area contributed by atoms with E-state index in [1.807, 2.05) is 30.0 Å². The number of nitrogens with zero attached hydrogens (tertiary/aromatic N) is 4. The summed E-state index contributed by atoms with van der Waals surface area (Å²) in [5, 5.41) is 0.966. The van der Waals surface area contributed by atoms with E-state index in [-0.39, 0.29) is 16.0 Å². The number of benzene rings is 1. The maximum absolute atomic E-state index is 13.2. The maximum atomic E-state index is 13.2. The Morgan fingerprint density at radius 2 is 1.83 bits per heavy atom. The van der Waals surface area contributed by atoms with Gasteiger partial charge in [-0.1, -0.05) is 22.9 Å². The SMILES string of the molecule is CCOc1ccc2nc(N3CCN(C(=O)C4CCN(S(=O)(=O)c5ccc(Cl)s5)CC4)CC3)sc2c1. The van der Waals surface area contributed by atoms with Crippen LogP contribution in [0.25, 0.3) is 10.2 Å². The predicted octanol–water partition coefficient (Wildman–Crippen LogP) is 4.16. The molecule has 5 rings (SSSR count). The van der Waals surface area contributed by atoms with Gasteiger partial charge in [-0.25, -0.2) is 13.4 Å². The molecule has 2 saturated heterocycles. The largest absolute Gasteiger partial charge is 0.494 e. The molecular weight excluding hydrogens is 528 g/mol. The summed E-state index contributed by atoms with van der Waals surface area (Å²) in [6.45, 7) is 6.05. The molecule has 0 aliphatic carbocycles. The van der Waals surface area contributed by atoms with Gasteiger partial charge >= 0.3 is 0 Å². The second-order valence-corrected chi connectivity index (χ2v) is 13.5. The molecule has 0 radical (unpaired) electrons. The normalized spacial score (nSPS) is 18.3.